The molecule has 98 valence electrons. The third kappa shape index (κ3) is 3.86. The maximum atomic E-state index is 11.7. The van der Waals surface area contributed by atoms with Gasteiger partial charge in [0.2, 0.25) is 0 Å². The van der Waals surface area contributed by atoms with E-state index in [1.807, 2.05) is 18.2 Å². The van der Waals surface area contributed by atoms with E-state index in [-0.39, 0.29) is 5.97 Å². The van der Waals surface area contributed by atoms with Crippen molar-refractivity contribution in [2.75, 3.05) is 0 Å². The molecule has 0 aliphatic heterocycles. The highest BCUT2D eigenvalue weighted by atomic mass is 16.5. The van der Waals surface area contributed by atoms with Gasteiger partial charge in [-0.3, -0.25) is 4.79 Å². The first-order valence-corrected chi connectivity index (χ1v) is 7.07. The highest BCUT2D eigenvalue weighted by Gasteiger charge is 2.16. The Balaban J connectivity index is 1.78. The SMILES string of the molecule is CCc1cccc(OC(=O)CCC2CCCC2)c1. The molecular formula is C16H22O2. The zero-order chi connectivity index (χ0) is 12.8. The van der Waals surface area contributed by atoms with Crippen molar-refractivity contribution in [3.8, 4) is 5.75 Å². The molecular weight excluding hydrogens is 224 g/mol. The van der Waals surface area contributed by atoms with E-state index < -0.39 is 0 Å². The van der Waals surface area contributed by atoms with Crippen LogP contribution >= 0.6 is 0 Å². The molecule has 2 heteroatoms. The summed E-state index contributed by atoms with van der Waals surface area (Å²) in [6.07, 6.45) is 7.76. The van der Waals surface area contributed by atoms with Crippen molar-refractivity contribution in [1.82, 2.24) is 0 Å². The summed E-state index contributed by atoms with van der Waals surface area (Å²) in [5.41, 5.74) is 1.20. The summed E-state index contributed by atoms with van der Waals surface area (Å²) in [6, 6.07) is 7.80. The van der Waals surface area contributed by atoms with E-state index in [1.165, 1.54) is 31.2 Å². The van der Waals surface area contributed by atoms with Crippen molar-refractivity contribution in [2.45, 2.75) is 51.9 Å². The lowest BCUT2D eigenvalue weighted by Gasteiger charge is -2.09. The first-order valence-electron chi connectivity index (χ1n) is 7.07. The first-order chi connectivity index (χ1) is 8.78. The number of ether oxygens (including phenoxy) is 1. The fourth-order valence-corrected chi connectivity index (χ4v) is 2.63. The summed E-state index contributed by atoms with van der Waals surface area (Å²) in [6.45, 7) is 2.10. The zero-order valence-corrected chi connectivity index (χ0v) is 11.2. The molecule has 0 saturated heterocycles. The molecule has 0 radical (unpaired) electrons. The number of aryl methyl sites for hydroxylation is 1. The summed E-state index contributed by atoms with van der Waals surface area (Å²) < 4.78 is 5.38. The zero-order valence-electron chi connectivity index (χ0n) is 11.2. The predicted molar refractivity (Wildman–Crippen MR) is 72.6 cm³/mol. The molecule has 0 N–H and O–H groups in total. The van der Waals surface area contributed by atoms with Crippen LogP contribution in [-0.2, 0) is 11.2 Å². The molecule has 1 fully saturated rings. The topological polar surface area (TPSA) is 26.3 Å². The molecule has 0 heterocycles. The van der Waals surface area contributed by atoms with E-state index >= 15 is 0 Å². The van der Waals surface area contributed by atoms with Crippen LogP contribution in [0.4, 0.5) is 0 Å². The highest BCUT2D eigenvalue weighted by Crippen LogP contribution is 2.28. The minimum Gasteiger partial charge on any atom is -0.427 e. The second-order valence-electron chi connectivity index (χ2n) is 5.16. The monoisotopic (exact) mass is 246 g/mol. The average Bonchev–Trinajstić information content (AvgIpc) is 2.90. The molecule has 1 aliphatic carbocycles. The number of benzene rings is 1. The van der Waals surface area contributed by atoms with Crippen LogP contribution in [0.3, 0.4) is 0 Å². The van der Waals surface area contributed by atoms with Crippen molar-refractivity contribution < 1.29 is 9.53 Å². The smallest absolute Gasteiger partial charge is 0.311 e. The molecule has 18 heavy (non-hydrogen) atoms. The molecule has 1 aromatic carbocycles. The summed E-state index contributed by atoms with van der Waals surface area (Å²) in [5.74, 6) is 1.35. The van der Waals surface area contributed by atoms with Gasteiger partial charge in [-0.05, 0) is 36.5 Å². The van der Waals surface area contributed by atoms with E-state index in [1.54, 1.807) is 0 Å². The third-order valence-electron chi connectivity index (χ3n) is 3.77. The molecule has 1 aliphatic rings. The first kappa shape index (κ1) is 13.1. The number of carbonyl (C=O) groups is 1. The van der Waals surface area contributed by atoms with Crippen LogP contribution in [0.1, 0.15) is 51.0 Å². The number of hydrogen-bond donors (Lipinski definition) is 0. The van der Waals surface area contributed by atoms with Crippen LogP contribution in [-0.4, -0.2) is 5.97 Å². The molecule has 0 aromatic heterocycles. The van der Waals surface area contributed by atoms with Gasteiger partial charge >= 0.3 is 5.97 Å². The molecule has 0 spiro atoms. The Morgan fingerprint density at radius 2 is 2.11 bits per heavy atom. The Morgan fingerprint density at radius 3 is 2.83 bits per heavy atom. The fraction of sp³-hybridized carbons (Fsp3) is 0.562. The van der Waals surface area contributed by atoms with E-state index in [4.69, 9.17) is 4.74 Å². The maximum absolute atomic E-state index is 11.7. The Hall–Kier alpha value is -1.31. The number of esters is 1. The van der Waals surface area contributed by atoms with Gasteiger partial charge < -0.3 is 4.74 Å². The minimum atomic E-state index is -0.0878. The van der Waals surface area contributed by atoms with Crippen molar-refractivity contribution >= 4 is 5.97 Å². The summed E-state index contributed by atoms with van der Waals surface area (Å²) >= 11 is 0. The van der Waals surface area contributed by atoms with E-state index in [9.17, 15) is 4.79 Å². The van der Waals surface area contributed by atoms with Crippen LogP contribution in [0.15, 0.2) is 24.3 Å². The fourth-order valence-electron chi connectivity index (χ4n) is 2.63. The Bertz CT molecular complexity index is 392. The van der Waals surface area contributed by atoms with Crippen molar-refractivity contribution in [3.63, 3.8) is 0 Å². The van der Waals surface area contributed by atoms with E-state index in [0.717, 1.165) is 18.8 Å². The van der Waals surface area contributed by atoms with Crippen LogP contribution in [0.5, 0.6) is 5.75 Å². The second kappa shape index (κ2) is 6.58. The highest BCUT2D eigenvalue weighted by molar-refractivity contribution is 5.72. The Kier molecular flexibility index (Phi) is 4.80. The maximum Gasteiger partial charge on any atom is 0.311 e. The largest absolute Gasteiger partial charge is 0.427 e. The van der Waals surface area contributed by atoms with Crippen LogP contribution in [0.2, 0.25) is 0 Å². The molecule has 0 unspecified atom stereocenters. The predicted octanol–water partition coefficient (Wildman–Crippen LogP) is 4.12. The molecule has 2 nitrogen and oxygen atoms in total. The van der Waals surface area contributed by atoms with Gasteiger partial charge in [-0.15, -0.1) is 0 Å². The van der Waals surface area contributed by atoms with Crippen LogP contribution in [0, 0.1) is 5.92 Å². The van der Waals surface area contributed by atoms with Gasteiger partial charge in [0.15, 0.2) is 0 Å². The lowest BCUT2D eigenvalue weighted by atomic mass is 10.0. The van der Waals surface area contributed by atoms with Crippen LogP contribution < -0.4 is 4.74 Å². The Labute approximate surface area is 109 Å². The van der Waals surface area contributed by atoms with Crippen LogP contribution in [0.25, 0.3) is 0 Å². The van der Waals surface area contributed by atoms with Gasteiger partial charge in [0, 0.05) is 6.42 Å². The van der Waals surface area contributed by atoms with Gasteiger partial charge in [-0.25, -0.2) is 0 Å². The van der Waals surface area contributed by atoms with Crippen molar-refractivity contribution in [2.24, 2.45) is 5.92 Å². The third-order valence-corrected chi connectivity index (χ3v) is 3.77. The van der Waals surface area contributed by atoms with Gasteiger partial charge in [-0.2, -0.15) is 0 Å². The standard InChI is InChI=1S/C16H22O2/c1-2-13-8-5-9-15(12-13)18-16(17)11-10-14-6-3-4-7-14/h5,8-9,12,14H,2-4,6-7,10-11H2,1H3. The molecule has 1 aromatic rings. The van der Waals surface area contributed by atoms with Gasteiger partial charge in [0.25, 0.3) is 0 Å². The second-order valence-corrected chi connectivity index (χ2v) is 5.16. The lowest BCUT2D eigenvalue weighted by Crippen LogP contribution is -2.09. The molecule has 0 atom stereocenters. The summed E-state index contributed by atoms with van der Waals surface area (Å²) in [4.78, 5) is 11.7. The van der Waals surface area contributed by atoms with E-state index in [0.29, 0.717) is 12.2 Å². The Morgan fingerprint density at radius 1 is 1.33 bits per heavy atom. The van der Waals surface area contributed by atoms with Crippen molar-refractivity contribution in [3.05, 3.63) is 29.8 Å². The average molecular weight is 246 g/mol. The molecule has 0 bridgehead atoms. The number of rotatable bonds is 5. The lowest BCUT2D eigenvalue weighted by molar-refractivity contribution is -0.134. The normalized spacial score (nSPS) is 15.8. The van der Waals surface area contributed by atoms with Gasteiger partial charge in [-0.1, -0.05) is 44.7 Å². The van der Waals surface area contributed by atoms with E-state index in [2.05, 4.69) is 13.0 Å². The number of hydrogen-bond acceptors (Lipinski definition) is 2. The van der Waals surface area contributed by atoms with Gasteiger partial charge in [0.05, 0.1) is 0 Å². The van der Waals surface area contributed by atoms with Crippen molar-refractivity contribution in [1.29, 1.82) is 0 Å². The molecule has 2 rings (SSSR count). The minimum absolute atomic E-state index is 0.0878. The molecule has 1 saturated carbocycles. The summed E-state index contributed by atoms with van der Waals surface area (Å²) in [5, 5.41) is 0. The summed E-state index contributed by atoms with van der Waals surface area (Å²) in [7, 11) is 0. The van der Waals surface area contributed by atoms with Gasteiger partial charge in [0.1, 0.15) is 5.75 Å². The molecule has 0 amide bonds. The quantitative estimate of drug-likeness (QED) is 0.577. The number of carbonyl (C=O) groups excluding carboxylic acids is 1.